The summed E-state index contributed by atoms with van der Waals surface area (Å²) >= 11 is 0. The maximum atomic E-state index is 11.9. The van der Waals surface area contributed by atoms with Crippen LogP contribution in [0.15, 0.2) is 0 Å². The molecular formula is C13H25N3O2. The van der Waals surface area contributed by atoms with E-state index >= 15 is 0 Å². The number of hydrogen-bond donors (Lipinski definition) is 2. The van der Waals surface area contributed by atoms with Gasteiger partial charge in [0.25, 0.3) is 0 Å². The third kappa shape index (κ3) is 3.93. The Labute approximate surface area is 109 Å². The lowest BCUT2D eigenvalue weighted by atomic mass is 9.98. The van der Waals surface area contributed by atoms with E-state index < -0.39 is 0 Å². The summed E-state index contributed by atoms with van der Waals surface area (Å²) in [4.78, 5) is 14.3. The van der Waals surface area contributed by atoms with Gasteiger partial charge >= 0.3 is 0 Å². The Bertz CT molecular complexity index is 279. The predicted octanol–water partition coefficient (Wildman–Crippen LogP) is -0.0362. The number of hydrogen-bond acceptors (Lipinski definition) is 4. The lowest BCUT2D eigenvalue weighted by Crippen LogP contribution is -2.48. The fourth-order valence-corrected chi connectivity index (χ4v) is 2.66. The zero-order valence-electron chi connectivity index (χ0n) is 11.4. The number of amides is 1. The summed E-state index contributed by atoms with van der Waals surface area (Å²) in [6.45, 7) is 5.67. The van der Waals surface area contributed by atoms with Crippen molar-refractivity contribution in [1.29, 1.82) is 0 Å². The van der Waals surface area contributed by atoms with Gasteiger partial charge in [-0.3, -0.25) is 4.79 Å². The minimum absolute atomic E-state index is 0.0439. The van der Waals surface area contributed by atoms with Crippen molar-refractivity contribution >= 4 is 5.91 Å². The molecule has 0 bridgehead atoms. The van der Waals surface area contributed by atoms with Gasteiger partial charge in [0.15, 0.2) is 0 Å². The second kappa shape index (κ2) is 6.50. The van der Waals surface area contributed by atoms with Crippen LogP contribution in [-0.4, -0.2) is 62.3 Å². The van der Waals surface area contributed by atoms with E-state index in [1.165, 1.54) is 0 Å². The van der Waals surface area contributed by atoms with Gasteiger partial charge < -0.3 is 20.3 Å². The molecule has 2 fully saturated rings. The molecule has 3 unspecified atom stereocenters. The molecule has 2 aliphatic heterocycles. The molecule has 0 aromatic carbocycles. The Morgan fingerprint density at radius 3 is 3.06 bits per heavy atom. The van der Waals surface area contributed by atoms with Gasteiger partial charge in [0, 0.05) is 31.7 Å². The fraction of sp³-hybridized carbons (Fsp3) is 0.923. The van der Waals surface area contributed by atoms with E-state index in [-0.39, 0.29) is 12.0 Å². The first-order valence-corrected chi connectivity index (χ1v) is 6.97. The van der Waals surface area contributed by atoms with E-state index in [0.29, 0.717) is 25.1 Å². The predicted molar refractivity (Wildman–Crippen MR) is 70.5 cm³/mol. The number of carbonyl (C=O) groups is 1. The molecule has 2 saturated heterocycles. The highest BCUT2D eigenvalue weighted by atomic mass is 16.5. The molecule has 0 aliphatic carbocycles. The first-order valence-electron chi connectivity index (χ1n) is 6.97. The molecule has 2 N–H and O–H groups in total. The average molecular weight is 255 g/mol. The molecule has 2 aliphatic rings. The minimum Gasteiger partial charge on any atom is -0.375 e. The van der Waals surface area contributed by atoms with Crippen molar-refractivity contribution in [3.63, 3.8) is 0 Å². The molecule has 0 aromatic heterocycles. The molecule has 5 nitrogen and oxygen atoms in total. The molecular weight excluding hydrogens is 230 g/mol. The normalized spacial score (nSPS) is 34.2. The molecule has 104 valence electrons. The van der Waals surface area contributed by atoms with Crippen LogP contribution in [0.25, 0.3) is 0 Å². The number of piperidine rings is 1. The molecule has 18 heavy (non-hydrogen) atoms. The summed E-state index contributed by atoms with van der Waals surface area (Å²) in [5, 5.41) is 6.39. The van der Waals surface area contributed by atoms with Gasteiger partial charge in [0.2, 0.25) is 5.91 Å². The third-order valence-electron chi connectivity index (χ3n) is 3.99. The van der Waals surface area contributed by atoms with Crippen molar-refractivity contribution in [2.75, 3.05) is 33.3 Å². The Balaban J connectivity index is 1.70. The van der Waals surface area contributed by atoms with Crippen molar-refractivity contribution < 1.29 is 9.53 Å². The number of ether oxygens (including phenoxy) is 1. The van der Waals surface area contributed by atoms with E-state index in [2.05, 4.69) is 29.5 Å². The van der Waals surface area contributed by atoms with Crippen LogP contribution >= 0.6 is 0 Å². The highest BCUT2D eigenvalue weighted by Crippen LogP contribution is 2.15. The summed E-state index contributed by atoms with van der Waals surface area (Å²) in [7, 11) is 2.14. The van der Waals surface area contributed by atoms with Crippen molar-refractivity contribution in [2.45, 2.75) is 44.4 Å². The smallest absolute Gasteiger partial charge is 0.222 e. The summed E-state index contributed by atoms with van der Waals surface area (Å²) in [5.74, 6) is 0.130. The molecule has 5 heteroatoms. The SMILES string of the molecule is CC1CC(NC(=O)CC2CNCCO2)CCN1C. The minimum atomic E-state index is 0.0439. The fourth-order valence-electron chi connectivity index (χ4n) is 2.66. The molecule has 2 heterocycles. The highest BCUT2D eigenvalue weighted by molar-refractivity contribution is 5.76. The Morgan fingerprint density at radius 1 is 1.56 bits per heavy atom. The van der Waals surface area contributed by atoms with E-state index in [9.17, 15) is 4.79 Å². The van der Waals surface area contributed by atoms with Crippen LogP contribution in [-0.2, 0) is 9.53 Å². The number of nitrogens with one attached hydrogen (secondary N) is 2. The van der Waals surface area contributed by atoms with Crippen LogP contribution in [0.3, 0.4) is 0 Å². The van der Waals surface area contributed by atoms with Gasteiger partial charge in [-0.05, 0) is 26.8 Å². The Kier molecular flexibility index (Phi) is 4.97. The summed E-state index contributed by atoms with van der Waals surface area (Å²) in [5.41, 5.74) is 0. The van der Waals surface area contributed by atoms with Crippen LogP contribution in [0.2, 0.25) is 0 Å². The molecule has 1 amide bonds. The summed E-state index contributed by atoms with van der Waals surface area (Å²) in [6.07, 6.45) is 2.62. The second-order valence-electron chi connectivity index (χ2n) is 5.52. The Morgan fingerprint density at radius 2 is 2.39 bits per heavy atom. The van der Waals surface area contributed by atoms with Crippen molar-refractivity contribution in [2.24, 2.45) is 0 Å². The molecule has 0 radical (unpaired) electrons. The number of morpholine rings is 1. The first kappa shape index (κ1) is 13.8. The van der Waals surface area contributed by atoms with Gasteiger partial charge in [-0.1, -0.05) is 0 Å². The van der Waals surface area contributed by atoms with Crippen molar-refractivity contribution in [3.8, 4) is 0 Å². The third-order valence-corrected chi connectivity index (χ3v) is 3.99. The zero-order valence-corrected chi connectivity index (χ0v) is 11.4. The quantitative estimate of drug-likeness (QED) is 0.743. The van der Waals surface area contributed by atoms with Crippen LogP contribution in [0.1, 0.15) is 26.2 Å². The van der Waals surface area contributed by atoms with Crippen LogP contribution in [0, 0.1) is 0 Å². The zero-order chi connectivity index (χ0) is 13.0. The number of likely N-dealkylation sites (tertiary alicyclic amines) is 1. The van der Waals surface area contributed by atoms with E-state index in [0.717, 1.165) is 32.5 Å². The van der Waals surface area contributed by atoms with E-state index in [1.807, 2.05) is 0 Å². The largest absolute Gasteiger partial charge is 0.375 e. The van der Waals surface area contributed by atoms with Gasteiger partial charge in [0.05, 0.1) is 19.1 Å². The maximum absolute atomic E-state index is 11.9. The number of rotatable bonds is 3. The lowest BCUT2D eigenvalue weighted by molar-refractivity contribution is -0.125. The lowest BCUT2D eigenvalue weighted by Gasteiger charge is -2.35. The van der Waals surface area contributed by atoms with E-state index in [1.54, 1.807) is 0 Å². The monoisotopic (exact) mass is 255 g/mol. The summed E-state index contributed by atoms with van der Waals surface area (Å²) < 4.78 is 5.54. The van der Waals surface area contributed by atoms with Gasteiger partial charge in [-0.25, -0.2) is 0 Å². The van der Waals surface area contributed by atoms with Gasteiger partial charge in [0.1, 0.15) is 0 Å². The summed E-state index contributed by atoms with van der Waals surface area (Å²) in [6, 6.07) is 0.886. The second-order valence-corrected chi connectivity index (χ2v) is 5.52. The topological polar surface area (TPSA) is 53.6 Å². The molecule has 0 spiro atoms. The van der Waals surface area contributed by atoms with Crippen LogP contribution in [0.5, 0.6) is 0 Å². The number of nitrogens with zero attached hydrogens (tertiary/aromatic N) is 1. The molecule has 2 rings (SSSR count). The van der Waals surface area contributed by atoms with E-state index in [4.69, 9.17) is 4.74 Å². The van der Waals surface area contributed by atoms with Crippen LogP contribution in [0.4, 0.5) is 0 Å². The number of carbonyl (C=O) groups excluding carboxylic acids is 1. The molecule has 0 aromatic rings. The highest BCUT2D eigenvalue weighted by Gasteiger charge is 2.25. The van der Waals surface area contributed by atoms with Gasteiger partial charge in [-0.2, -0.15) is 0 Å². The first-order chi connectivity index (χ1) is 8.65. The van der Waals surface area contributed by atoms with Crippen molar-refractivity contribution in [1.82, 2.24) is 15.5 Å². The standard InChI is InChI=1S/C13H25N3O2/c1-10-7-11(3-5-16(10)2)15-13(17)8-12-9-14-4-6-18-12/h10-12,14H,3-9H2,1-2H3,(H,15,17). The average Bonchev–Trinajstić information content (AvgIpc) is 2.35. The Hall–Kier alpha value is -0.650. The van der Waals surface area contributed by atoms with Crippen LogP contribution < -0.4 is 10.6 Å². The maximum Gasteiger partial charge on any atom is 0.222 e. The molecule has 3 atom stereocenters. The van der Waals surface area contributed by atoms with Gasteiger partial charge in [-0.15, -0.1) is 0 Å². The molecule has 0 saturated carbocycles. The van der Waals surface area contributed by atoms with Crippen molar-refractivity contribution in [3.05, 3.63) is 0 Å².